The van der Waals surface area contributed by atoms with Gasteiger partial charge in [-0.15, -0.1) is 0 Å². The van der Waals surface area contributed by atoms with Crippen LogP contribution < -0.4 is 0 Å². The maximum absolute atomic E-state index is 11.0. The number of hydrogen-bond acceptors (Lipinski definition) is 2. The van der Waals surface area contributed by atoms with E-state index < -0.39 is 5.97 Å². The van der Waals surface area contributed by atoms with Gasteiger partial charge in [0, 0.05) is 11.0 Å². The van der Waals surface area contributed by atoms with Crippen LogP contribution in [0.2, 0.25) is 0 Å². The summed E-state index contributed by atoms with van der Waals surface area (Å²) in [5.74, 6) is -0.345. The number of aliphatic hydroxyl groups excluding tert-OH is 1. The molecule has 14 heavy (non-hydrogen) atoms. The molecule has 0 radical (unpaired) electrons. The molecule has 0 heterocycles. The Balaban J connectivity index is 2.32. The molecule has 76 valence electrons. The number of fused-ring (bicyclic) bond motifs is 2. The van der Waals surface area contributed by atoms with Crippen LogP contribution in [0.1, 0.15) is 19.3 Å². The maximum atomic E-state index is 11.0. The smallest absolute Gasteiger partial charge is 0.332 e. The second-order valence-corrected chi connectivity index (χ2v) is 4.12. The molecule has 2 unspecified atom stereocenters. The maximum Gasteiger partial charge on any atom is 0.332 e. The van der Waals surface area contributed by atoms with Crippen LogP contribution in [0.15, 0.2) is 23.8 Å². The molecular formula is C11H14O3. The van der Waals surface area contributed by atoms with Crippen LogP contribution in [-0.2, 0) is 4.79 Å². The van der Waals surface area contributed by atoms with Gasteiger partial charge in [0.15, 0.2) is 0 Å². The van der Waals surface area contributed by atoms with Crippen molar-refractivity contribution in [2.24, 2.45) is 11.3 Å². The highest BCUT2D eigenvalue weighted by atomic mass is 16.4. The van der Waals surface area contributed by atoms with Crippen LogP contribution in [0.5, 0.6) is 0 Å². The molecule has 2 aliphatic rings. The highest BCUT2D eigenvalue weighted by Crippen LogP contribution is 2.53. The molecule has 0 aliphatic heterocycles. The van der Waals surface area contributed by atoms with Gasteiger partial charge < -0.3 is 10.2 Å². The molecule has 2 bridgehead atoms. The topological polar surface area (TPSA) is 57.5 Å². The van der Waals surface area contributed by atoms with Crippen LogP contribution >= 0.6 is 0 Å². The Kier molecular flexibility index (Phi) is 2.19. The highest BCUT2D eigenvalue weighted by Gasteiger charge is 2.45. The largest absolute Gasteiger partial charge is 0.478 e. The van der Waals surface area contributed by atoms with Crippen molar-refractivity contribution in [3.63, 3.8) is 0 Å². The lowest BCUT2D eigenvalue weighted by Crippen LogP contribution is -2.22. The fourth-order valence-electron chi connectivity index (χ4n) is 2.68. The van der Waals surface area contributed by atoms with Crippen molar-refractivity contribution < 1.29 is 15.0 Å². The quantitative estimate of drug-likeness (QED) is 0.526. The first-order chi connectivity index (χ1) is 6.68. The third-order valence-corrected chi connectivity index (χ3v) is 3.34. The lowest BCUT2D eigenvalue weighted by atomic mass is 9.79. The average molecular weight is 194 g/mol. The number of carboxylic acid groups (broad SMARTS) is 1. The Morgan fingerprint density at radius 3 is 2.79 bits per heavy atom. The second kappa shape index (κ2) is 3.24. The van der Waals surface area contributed by atoms with E-state index in [4.69, 9.17) is 10.2 Å². The first-order valence-corrected chi connectivity index (χ1v) is 4.92. The molecule has 2 aliphatic carbocycles. The normalized spacial score (nSPS) is 35.2. The van der Waals surface area contributed by atoms with E-state index in [0.717, 1.165) is 19.3 Å². The number of rotatable bonds is 3. The van der Waals surface area contributed by atoms with E-state index in [2.05, 4.69) is 6.08 Å². The minimum absolute atomic E-state index is 0.193. The van der Waals surface area contributed by atoms with Crippen molar-refractivity contribution in [3.05, 3.63) is 23.8 Å². The summed E-state index contributed by atoms with van der Waals surface area (Å²) in [6.07, 6.45) is 8.44. The van der Waals surface area contributed by atoms with Gasteiger partial charge in [0.1, 0.15) is 0 Å². The minimum atomic E-state index is -0.897. The highest BCUT2D eigenvalue weighted by molar-refractivity contribution is 5.89. The van der Waals surface area contributed by atoms with Crippen molar-refractivity contribution in [1.29, 1.82) is 0 Å². The fraction of sp³-hybridized carbons (Fsp3) is 0.545. The molecule has 0 aromatic rings. The van der Waals surface area contributed by atoms with Crippen molar-refractivity contribution in [1.82, 2.24) is 0 Å². The van der Waals surface area contributed by atoms with Crippen molar-refractivity contribution in [3.8, 4) is 0 Å². The minimum Gasteiger partial charge on any atom is -0.478 e. The molecule has 2 atom stereocenters. The van der Waals surface area contributed by atoms with Gasteiger partial charge in [0.25, 0.3) is 0 Å². The van der Waals surface area contributed by atoms with E-state index in [1.165, 1.54) is 6.08 Å². The van der Waals surface area contributed by atoms with Crippen molar-refractivity contribution in [2.45, 2.75) is 19.3 Å². The molecule has 0 saturated heterocycles. The molecule has 3 heteroatoms. The predicted octanol–water partition coefficient (Wildman–Crippen LogP) is 1.35. The summed E-state index contributed by atoms with van der Waals surface area (Å²) in [4.78, 5) is 11.0. The molecule has 2 N–H and O–H groups in total. The van der Waals surface area contributed by atoms with Gasteiger partial charge in [-0.2, -0.15) is 0 Å². The summed E-state index contributed by atoms with van der Waals surface area (Å²) in [7, 11) is 0. The van der Waals surface area contributed by atoms with E-state index in [1.807, 2.05) is 6.08 Å². The van der Waals surface area contributed by atoms with Gasteiger partial charge in [-0.1, -0.05) is 12.2 Å². The number of allylic oxidation sites excluding steroid dienone is 2. The van der Waals surface area contributed by atoms with Crippen molar-refractivity contribution in [2.75, 3.05) is 6.61 Å². The second-order valence-electron chi connectivity index (χ2n) is 4.12. The SMILES string of the molecule is O=C(O)C(=CCO)C12C=CC(CC1)C2. The summed E-state index contributed by atoms with van der Waals surface area (Å²) in [5.41, 5.74) is 0.0930. The van der Waals surface area contributed by atoms with Gasteiger partial charge in [0.05, 0.1) is 6.61 Å². The number of carboxylic acids is 1. The fourth-order valence-corrected chi connectivity index (χ4v) is 2.68. The Morgan fingerprint density at radius 1 is 1.64 bits per heavy atom. The summed E-state index contributed by atoms with van der Waals surface area (Å²) >= 11 is 0. The molecule has 0 amide bonds. The first kappa shape index (κ1) is 9.46. The lowest BCUT2D eigenvalue weighted by molar-refractivity contribution is -0.133. The van der Waals surface area contributed by atoms with Gasteiger partial charge in [-0.3, -0.25) is 0 Å². The zero-order valence-electron chi connectivity index (χ0n) is 7.94. The zero-order chi connectivity index (χ0) is 10.2. The summed E-state index contributed by atoms with van der Waals surface area (Å²) in [6, 6.07) is 0. The third kappa shape index (κ3) is 1.28. The van der Waals surface area contributed by atoms with E-state index in [1.54, 1.807) is 0 Å². The van der Waals surface area contributed by atoms with Crippen LogP contribution in [0, 0.1) is 11.3 Å². The number of aliphatic hydroxyl groups is 1. The molecule has 1 fully saturated rings. The number of carbonyl (C=O) groups is 1. The van der Waals surface area contributed by atoms with Crippen LogP contribution in [0.25, 0.3) is 0 Å². The molecule has 1 saturated carbocycles. The van der Waals surface area contributed by atoms with Gasteiger partial charge >= 0.3 is 5.97 Å². The summed E-state index contributed by atoms with van der Waals surface area (Å²) in [6.45, 7) is -0.193. The standard InChI is InChI=1S/C11H14O3/c12-6-3-9(10(13)14)11-4-1-8(7-11)2-5-11/h1,3-4,8,12H,2,5-7H2,(H,13,14). The van der Waals surface area contributed by atoms with Crippen LogP contribution in [-0.4, -0.2) is 22.8 Å². The number of aliphatic carboxylic acids is 1. The van der Waals surface area contributed by atoms with E-state index >= 15 is 0 Å². The molecule has 2 rings (SSSR count). The summed E-state index contributed by atoms with van der Waals surface area (Å²) < 4.78 is 0. The van der Waals surface area contributed by atoms with Gasteiger partial charge in [0.2, 0.25) is 0 Å². The monoisotopic (exact) mass is 194 g/mol. The molecule has 0 aromatic heterocycles. The Labute approximate surface area is 82.7 Å². The molecule has 3 nitrogen and oxygen atoms in total. The zero-order valence-corrected chi connectivity index (χ0v) is 7.94. The van der Waals surface area contributed by atoms with Crippen LogP contribution in [0.4, 0.5) is 0 Å². The Morgan fingerprint density at radius 2 is 2.43 bits per heavy atom. The Hall–Kier alpha value is -1.09. The summed E-state index contributed by atoms with van der Waals surface area (Å²) in [5, 5.41) is 17.9. The first-order valence-electron chi connectivity index (χ1n) is 4.92. The molecule has 0 spiro atoms. The van der Waals surface area contributed by atoms with Crippen LogP contribution in [0.3, 0.4) is 0 Å². The van der Waals surface area contributed by atoms with E-state index in [-0.39, 0.29) is 12.0 Å². The lowest BCUT2D eigenvalue weighted by Gasteiger charge is -2.24. The Bertz CT molecular complexity index is 316. The van der Waals surface area contributed by atoms with E-state index in [9.17, 15) is 4.79 Å². The average Bonchev–Trinajstić information content (AvgIpc) is 2.73. The molecule has 0 aromatic carbocycles. The van der Waals surface area contributed by atoms with Gasteiger partial charge in [-0.05, 0) is 31.3 Å². The third-order valence-electron chi connectivity index (χ3n) is 3.34. The predicted molar refractivity (Wildman–Crippen MR) is 51.7 cm³/mol. The van der Waals surface area contributed by atoms with Gasteiger partial charge in [-0.25, -0.2) is 4.79 Å². The van der Waals surface area contributed by atoms with E-state index in [0.29, 0.717) is 11.5 Å². The number of hydrogen-bond donors (Lipinski definition) is 2. The van der Waals surface area contributed by atoms with Crippen molar-refractivity contribution >= 4 is 5.97 Å². The molecular weight excluding hydrogens is 180 g/mol.